The van der Waals surface area contributed by atoms with E-state index in [1.54, 1.807) is 24.4 Å². The molecule has 0 aliphatic carbocycles. The van der Waals surface area contributed by atoms with Crippen LogP contribution in [0.15, 0.2) is 24.4 Å². The van der Waals surface area contributed by atoms with Crippen LogP contribution >= 0.6 is 23.2 Å². The van der Waals surface area contributed by atoms with Crippen molar-refractivity contribution in [2.75, 3.05) is 6.61 Å². The summed E-state index contributed by atoms with van der Waals surface area (Å²) in [6, 6.07) is 4.90. The SMILES string of the molecule is FC(F)(F)COCn1ccc2c(Cl)cc(Cl)cc21. The van der Waals surface area contributed by atoms with E-state index in [0.717, 1.165) is 5.39 Å². The Balaban J connectivity index is 2.19. The summed E-state index contributed by atoms with van der Waals surface area (Å²) in [5, 5.41) is 1.59. The van der Waals surface area contributed by atoms with E-state index in [1.807, 2.05) is 0 Å². The Hall–Kier alpha value is -0.910. The van der Waals surface area contributed by atoms with Gasteiger partial charge in [-0.2, -0.15) is 13.2 Å². The van der Waals surface area contributed by atoms with Crippen molar-refractivity contribution in [3.05, 3.63) is 34.4 Å². The molecule has 0 aliphatic rings. The van der Waals surface area contributed by atoms with E-state index in [2.05, 4.69) is 4.74 Å². The highest BCUT2D eigenvalue weighted by atomic mass is 35.5. The Morgan fingerprint density at radius 2 is 1.94 bits per heavy atom. The van der Waals surface area contributed by atoms with Crippen LogP contribution < -0.4 is 0 Å². The lowest BCUT2D eigenvalue weighted by atomic mass is 10.2. The third-order valence-corrected chi connectivity index (χ3v) is 2.83. The third kappa shape index (κ3) is 3.10. The molecular weight excluding hydrogens is 290 g/mol. The molecule has 0 spiro atoms. The van der Waals surface area contributed by atoms with Crippen LogP contribution in [0.5, 0.6) is 0 Å². The number of rotatable bonds is 3. The lowest BCUT2D eigenvalue weighted by Crippen LogP contribution is -2.18. The molecular formula is C11H8Cl2F3NO. The van der Waals surface area contributed by atoms with Crippen LogP contribution in [0.2, 0.25) is 10.0 Å². The Labute approximate surface area is 111 Å². The standard InChI is InChI=1S/C11H8Cl2F3NO/c12-7-3-9(13)8-1-2-17(10(8)4-7)6-18-5-11(14,15)16/h1-4H,5-6H2. The summed E-state index contributed by atoms with van der Waals surface area (Å²) >= 11 is 11.8. The number of hydrogen-bond acceptors (Lipinski definition) is 1. The molecule has 0 unspecified atom stereocenters. The monoisotopic (exact) mass is 297 g/mol. The molecule has 0 fully saturated rings. The van der Waals surface area contributed by atoms with Crippen LogP contribution in [0.25, 0.3) is 10.9 Å². The summed E-state index contributed by atoms with van der Waals surface area (Å²) in [5.74, 6) is 0. The van der Waals surface area contributed by atoms with Crippen LogP contribution in [0.3, 0.4) is 0 Å². The Morgan fingerprint density at radius 3 is 2.61 bits per heavy atom. The van der Waals surface area contributed by atoms with Crippen molar-refractivity contribution < 1.29 is 17.9 Å². The lowest BCUT2D eigenvalue weighted by molar-refractivity contribution is -0.181. The zero-order chi connectivity index (χ0) is 13.3. The first-order valence-corrected chi connectivity index (χ1v) is 5.71. The highest BCUT2D eigenvalue weighted by Crippen LogP contribution is 2.28. The number of benzene rings is 1. The molecule has 1 heterocycles. The van der Waals surface area contributed by atoms with Crippen LogP contribution in [0.1, 0.15) is 0 Å². The van der Waals surface area contributed by atoms with Gasteiger partial charge >= 0.3 is 6.18 Å². The van der Waals surface area contributed by atoms with Gasteiger partial charge in [0.25, 0.3) is 0 Å². The van der Waals surface area contributed by atoms with Gasteiger partial charge in [-0.05, 0) is 18.2 Å². The first-order chi connectivity index (χ1) is 8.37. The third-order valence-electron chi connectivity index (χ3n) is 2.30. The number of aromatic nitrogens is 1. The molecule has 2 nitrogen and oxygen atoms in total. The summed E-state index contributed by atoms with van der Waals surface area (Å²) in [7, 11) is 0. The second-order valence-electron chi connectivity index (χ2n) is 3.70. The number of alkyl halides is 3. The number of hydrogen-bond donors (Lipinski definition) is 0. The second-order valence-corrected chi connectivity index (χ2v) is 4.54. The van der Waals surface area contributed by atoms with Crippen molar-refractivity contribution in [2.45, 2.75) is 12.9 Å². The van der Waals surface area contributed by atoms with Crippen LogP contribution in [-0.4, -0.2) is 17.4 Å². The van der Waals surface area contributed by atoms with Crippen LogP contribution in [0, 0.1) is 0 Å². The van der Waals surface area contributed by atoms with Crippen molar-refractivity contribution >= 4 is 34.1 Å². The zero-order valence-electron chi connectivity index (χ0n) is 8.97. The molecule has 18 heavy (non-hydrogen) atoms. The lowest BCUT2D eigenvalue weighted by Gasteiger charge is -2.09. The molecule has 1 aromatic carbocycles. The molecule has 2 aromatic rings. The van der Waals surface area contributed by atoms with E-state index in [9.17, 15) is 13.2 Å². The minimum absolute atomic E-state index is 0.209. The van der Waals surface area contributed by atoms with Gasteiger partial charge in [0.1, 0.15) is 13.3 Å². The summed E-state index contributed by atoms with van der Waals surface area (Å²) in [6.07, 6.45) is -2.73. The quantitative estimate of drug-likeness (QED) is 0.814. The summed E-state index contributed by atoms with van der Waals surface area (Å²) in [4.78, 5) is 0. The van der Waals surface area contributed by atoms with Crippen molar-refractivity contribution in [1.29, 1.82) is 0 Å². The molecule has 7 heteroatoms. The Kier molecular flexibility index (Phi) is 3.75. The molecule has 0 saturated carbocycles. The van der Waals surface area contributed by atoms with Gasteiger partial charge in [0.2, 0.25) is 0 Å². The van der Waals surface area contributed by atoms with E-state index >= 15 is 0 Å². The topological polar surface area (TPSA) is 14.2 Å². The molecule has 0 bridgehead atoms. The fraction of sp³-hybridized carbons (Fsp3) is 0.273. The van der Waals surface area contributed by atoms with E-state index in [-0.39, 0.29) is 6.73 Å². The highest BCUT2D eigenvalue weighted by Gasteiger charge is 2.27. The minimum atomic E-state index is -4.34. The predicted octanol–water partition coefficient (Wildman–Crippen LogP) is 4.48. The maximum absolute atomic E-state index is 11.9. The van der Waals surface area contributed by atoms with E-state index in [4.69, 9.17) is 23.2 Å². The number of nitrogens with zero attached hydrogens (tertiary/aromatic N) is 1. The van der Waals surface area contributed by atoms with E-state index < -0.39 is 12.8 Å². The fourth-order valence-electron chi connectivity index (χ4n) is 1.59. The first-order valence-electron chi connectivity index (χ1n) is 4.95. The molecule has 0 amide bonds. The maximum Gasteiger partial charge on any atom is 0.411 e. The largest absolute Gasteiger partial charge is 0.411 e. The van der Waals surface area contributed by atoms with E-state index in [1.165, 1.54) is 4.57 Å². The zero-order valence-corrected chi connectivity index (χ0v) is 10.5. The summed E-state index contributed by atoms with van der Waals surface area (Å²) < 4.78 is 41.9. The number of fused-ring (bicyclic) bond motifs is 1. The van der Waals surface area contributed by atoms with Gasteiger partial charge in [0.05, 0.1) is 10.5 Å². The van der Waals surface area contributed by atoms with E-state index in [0.29, 0.717) is 15.6 Å². The second kappa shape index (κ2) is 4.99. The minimum Gasteiger partial charge on any atom is -0.351 e. The highest BCUT2D eigenvalue weighted by molar-refractivity contribution is 6.38. The maximum atomic E-state index is 11.9. The van der Waals surface area contributed by atoms with Gasteiger partial charge in [0, 0.05) is 16.6 Å². The molecule has 0 aliphatic heterocycles. The molecule has 1 aromatic heterocycles. The smallest absolute Gasteiger partial charge is 0.351 e. The van der Waals surface area contributed by atoms with Gasteiger partial charge in [0.15, 0.2) is 0 Å². The van der Waals surface area contributed by atoms with Gasteiger partial charge < -0.3 is 9.30 Å². The van der Waals surface area contributed by atoms with Crippen molar-refractivity contribution in [2.24, 2.45) is 0 Å². The molecule has 0 atom stereocenters. The summed E-state index contributed by atoms with van der Waals surface area (Å²) in [6.45, 7) is -1.50. The summed E-state index contributed by atoms with van der Waals surface area (Å²) in [5.41, 5.74) is 0.634. The van der Waals surface area contributed by atoms with Crippen molar-refractivity contribution in [3.8, 4) is 0 Å². The van der Waals surface area contributed by atoms with Crippen LogP contribution in [-0.2, 0) is 11.5 Å². The normalized spacial score (nSPS) is 12.3. The molecule has 0 radical (unpaired) electrons. The molecule has 98 valence electrons. The average molecular weight is 298 g/mol. The fourth-order valence-corrected chi connectivity index (χ4v) is 2.14. The van der Waals surface area contributed by atoms with Crippen molar-refractivity contribution in [3.63, 3.8) is 0 Å². The Bertz CT molecular complexity index is 565. The van der Waals surface area contributed by atoms with Gasteiger partial charge in [-0.1, -0.05) is 23.2 Å². The van der Waals surface area contributed by atoms with Gasteiger partial charge in [-0.15, -0.1) is 0 Å². The van der Waals surface area contributed by atoms with Gasteiger partial charge in [-0.25, -0.2) is 0 Å². The first kappa shape index (κ1) is 13.5. The van der Waals surface area contributed by atoms with Crippen molar-refractivity contribution in [1.82, 2.24) is 4.57 Å². The Morgan fingerprint density at radius 1 is 1.22 bits per heavy atom. The molecule has 2 rings (SSSR count). The number of halogens is 5. The average Bonchev–Trinajstić information content (AvgIpc) is 2.60. The van der Waals surface area contributed by atoms with Gasteiger partial charge in [-0.3, -0.25) is 0 Å². The van der Waals surface area contributed by atoms with Crippen LogP contribution in [0.4, 0.5) is 13.2 Å². The number of ether oxygens (including phenoxy) is 1. The molecule has 0 saturated heterocycles. The predicted molar refractivity (Wildman–Crippen MR) is 64.0 cm³/mol. The molecule has 0 N–H and O–H groups in total.